The van der Waals surface area contributed by atoms with E-state index in [0.717, 1.165) is 18.7 Å². The number of benzene rings is 1. The van der Waals surface area contributed by atoms with Gasteiger partial charge in [-0.15, -0.1) is 0 Å². The zero-order chi connectivity index (χ0) is 19.7. The second-order valence-corrected chi connectivity index (χ2v) is 8.03. The Kier molecular flexibility index (Phi) is 5.60. The van der Waals surface area contributed by atoms with E-state index in [2.05, 4.69) is 15.2 Å². The second kappa shape index (κ2) is 8.13. The van der Waals surface area contributed by atoms with Gasteiger partial charge < -0.3 is 15.1 Å². The zero-order valence-electron chi connectivity index (χ0n) is 15.3. The molecule has 2 aromatic rings. The molecule has 5 nitrogen and oxygen atoms in total. The van der Waals surface area contributed by atoms with Crippen LogP contribution in [0.25, 0.3) is 0 Å². The van der Waals surface area contributed by atoms with E-state index in [1.165, 1.54) is 36.6 Å². The monoisotopic (exact) mass is 422 g/mol. The first kappa shape index (κ1) is 19.3. The number of rotatable bonds is 3. The van der Waals surface area contributed by atoms with Crippen molar-refractivity contribution in [3.8, 4) is 0 Å². The molecular formula is C20H21Cl2FN4O. The molecule has 0 radical (unpaired) electrons. The van der Waals surface area contributed by atoms with Gasteiger partial charge in [0, 0.05) is 44.3 Å². The fourth-order valence-corrected chi connectivity index (χ4v) is 4.06. The van der Waals surface area contributed by atoms with Crippen LogP contribution in [0.2, 0.25) is 10.0 Å². The molecule has 2 fully saturated rings. The summed E-state index contributed by atoms with van der Waals surface area (Å²) in [6, 6.07) is 3.94. The molecule has 2 heterocycles. The Hall–Kier alpha value is -2.05. The smallest absolute Gasteiger partial charge is 0.321 e. The molecular weight excluding hydrogens is 402 g/mol. The molecule has 1 aliphatic carbocycles. The molecule has 2 amide bonds. The Bertz CT molecular complexity index is 891. The van der Waals surface area contributed by atoms with Gasteiger partial charge in [-0.05, 0) is 48.9 Å². The lowest BCUT2D eigenvalue weighted by Gasteiger charge is -2.27. The number of aromatic nitrogens is 1. The summed E-state index contributed by atoms with van der Waals surface area (Å²) in [5, 5.41) is 3.45. The number of halogens is 3. The minimum absolute atomic E-state index is 0.0141. The first-order valence-corrected chi connectivity index (χ1v) is 10.2. The van der Waals surface area contributed by atoms with Crippen molar-refractivity contribution in [3.05, 3.63) is 52.0 Å². The first-order chi connectivity index (χ1) is 13.5. The highest BCUT2D eigenvalue weighted by Gasteiger charge is 2.30. The molecule has 4 rings (SSSR count). The quantitative estimate of drug-likeness (QED) is 0.743. The lowest BCUT2D eigenvalue weighted by atomic mass is 10.1. The van der Waals surface area contributed by atoms with Gasteiger partial charge >= 0.3 is 6.03 Å². The van der Waals surface area contributed by atoms with Gasteiger partial charge in [-0.25, -0.2) is 9.18 Å². The van der Waals surface area contributed by atoms with Crippen molar-refractivity contribution in [2.24, 2.45) is 0 Å². The molecule has 28 heavy (non-hydrogen) atoms. The fourth-order valence-electron chi connectivity index (χ4n) is 3.59. The summed E-state index contributed by atoms with van der Waals surface area (Å²) in [6.45, 7) is 2.74. The molecule has 1 N–H and O–H groups in total. The highest BCUT2D eigenvalue weighted by Crippen LogP contribution is 2.46. The Balaban J connectivity index is 1.44. The van der Waals surface area contributed by atoms with Crippen LogP contribution in [0.15, 0.2) is 30.6 Å². The van der Waals surface area contributed by atoms with Gasteiger partial charge in [-0.2, -0.15) is 0 Å². The number of urea groups is 1. The normalized spacial score (nSPS) is 17.4. The van der Waals surface area contributed by atoms with Gasteiger partial charge in [-0.3, -0.25) is 4.98 Å². The van der Waals surface area contributed by atoms with Crippen LogP contribution in [0.5, 0.6) is 0 Å². The third-order valence-electron chi connectivity index (χ3n) is 5.19. The lowest BCUT2D eigenvalue weighted by molar-refractivity contribution is 0.215. The van der Waals surface area contributed by atoms with Crippen molar-refractivity contribution in [1.82, 2.24) is 9.88 Å². The van der Waals surface area contributed by atoms with E-state index in [1.807, 2.05) is 6.20 Å². The van der Waals surface area contributed by atoms with Crippen LogP contribution in [-0.2, 0) is 0 Å². The average Bonchev–Trinajstić information content (AvgIpc) is 3.51. The van der Waals surface area contributed by atoms with Gasteiger partial charge in [0.15, 0.2) is 0 Å². The van der Waals surface area contributed by atoms with Crippen LogP contribution in [0.3, 0.4) is 0 Å². The molecule has 0 unspecified atom stereocenters. The van der Waals surface area contributed by atoms with Crippen LogP contribution in [0.1, 0.15) is 30.7 Å². The highest BCUT2D eigenvalue weighted by atomic mass is 35.5. The van der Waals surface area contributed by atoms with Gasteiger partial charge in [0.2, 0.25) is 0 Å². The number of nitrogens with one attached hydrogen (secondary N) is 1. The van der Waals surface area contributed by atoms with Crippen molar-refractivity contribution in [3.63, 3.8) is 0 Å². The van der Waals surface area contributed by atoms with E-state index in [4.69, 9.17) is 23.2 Å². The number of amides is 2. The van der Waals surface area contributed by atoms with Crippen LogP contribution in [0, 0.1) is 5.82 Å². The van der Waals surface area contributed by atoms with Crippen molar-refractivity contribution < 1.29 is 9.18 Å². The Morgan fingerprint density at radius 1 is 1.11 bits per heavy atom. The summed E-state index contributed by atoms with van der Waals surface area (Å²) >= 11 is 12.3. The predicted molar refractivity (Wildman–Crippen MR) is 110 cm³/mol. The molecule has 0 atom stereocenters. The SMILES string of the molecule is O=C(Nc1ccc(F)c(Cl)c1)N1CCCN(c2c(Cl)cncc2C2CC2)CC1. The molecule has 2 aliphatic rings. The van der Waals surface area contributed by atoms with Gasteiger partial charge in [0.05, 0.1) is 15.7 Å². The molecule has 0 bridgehead atoms. The van der Waals surface area contributed by atoms with Crippen molar-refractivity contribution >= 4 is 40.6 Å². The third-order valence-corrected chi connectivity index (χ3v) is 5.75. The topological polar surface area (TPSA) is 48.5 Å². The average molecular weight is 423 g/mol. The molecule has 1 aliphatic heterocycles. The maximum atomic E-state index is 13.3. The van der Waals surface area contributed by atoms with Gasteiger partial charge in [-0.1, -0.05) is 23.2 Å². The van der Waals surface area contributed by atoms with E-state index < -0.39 is 5.82 Å². The third kappa shape index (κ3) is 4.18. The summed E-state index contributed by atoms with van der Waals surface area (Å²) in [4.78, 5) is 20.9. The van der Waals surface area contributed by atoms with Gasteiger partial charge in [0.25, 0.3) is 0 Å². The Morgan fingerprint density at radius 2 is 1.93 bits per heavy atom. The van der Waals surface area contributed by atoms with E-state index in [1.54, 1.807) is 11.1 Å². The molecule has 1 aromatic carbocycles. The summed E-state index contributed by atoms with van der Waals surface area (Å²) in [7, 11) is 0. The summed E-state index contributed by atoms with van der Waals surface area (Å²) in [5.74, 6) is 0.0397. The number of hydrogen-bond acceptors (Lipinski definition) is 3. The number of hydrogen-bond donors (Lipinski definition) is 1. The van der Waals surface area contributed by atoms with E-state index >= 15 is 0 Å². The van der Waals surface area contributed by atoms with E-state index in [0.29, 0.717) is 36.3 Å². The molecule has 148 valence electrons. The summed E-state index contributed by atoms with van der Waals surface area (Å²) in [5.41, 5.74) is 2.75. The molecule has 1 saturated heterocycles. The summed E-state index contributed by atoms with van der Waals surface area (Å²) < 4.78 is 13.3. The minimum Gasteiger partial charge on any atom is -0.368 e. The Labute approximate surface area is 173 Å². The van der Waals surface area contributed by atoms with Crippen LogP contribution >= 0.6 is 23.2 Å². The van der Waals surface area contributed by atoms with Crippen molar-refractivity contribution in [1.29, 1.82) is 0 Å². The largest absolute Gasteiger partial charge is 0.368 e. The maximum Gasteiger partial charge on any atom is 0.321 e. The molecule has 1 saturated carbocycles. The van der Waals surface area contributed by atoms with Crippen LogP contribution in [-0.4, -0.2) is 42.1 Å². The Morgan fingerprint density at radius 3 is 2.68 bits per heavy atom. The maximum absolute atomic E-state index is 13.3. The molecule has 0 spiro atoms. The van der Waals surface area contributed by atoms with Crippen LogP contribution < -0.4 is 10.2 Å². The van der Waals surface area contributed by atoms with E-state index in [-0.39, 0.29) is 11.1 Å². The number of carbonyl (C=O) groups is 1. The first-order valence-electron chi connectivity index (χ1n) is 9.42. The number of carbonyl (C=O) groups excluding carboxylic acids is 1. The van der Waals surface area contributed by atoms with Crippen LogP contribution in [0.4, 0.5) is 20.6 Å². The number of anilines is 2. The molecule has 8 heteroatoms. The summed E-state index contributed by atoms with van der Waals surface area (Å²) in [6.07, 6.45) is 6.80. The fraction of sp³-hybridized carbons (Fsp3) is 0.400. The van der Waals surface area contributed by atoms with Gasteiger partial charge in [0.1, 0.15) is 5.82 Å². The number of nitrogens with zero attached hydrogens (tertiary/aromatic N) is 3. The number of pyridine rings is 1. The zero-order valence-corrected chi connectivity index (χ0v) is 16.8. The standard InChI is InChI=1S/C20H21Cl2FN4O/c21-16-10-14(4-5-18(16)23)25-20(28)27-7-1-6-26(8-9-27)19-15(13-2-3-13)11-24-12-17(19)22/h4-5,10-13H,1-3,6-9H2,(H,25,28). The molecule has 1 aromatic heterocycles. The van der Waals surface area contributed by atoms with E-state index in [9.17, 15) is 9.18 Å². The lowest BCUT2D eigenvalue weighted by Crippen LogP contribution is -2.38. The van der Waals surface area contributed by atoms with Crippen molar-refractivity contribution in [2.75, 3.05) is 36.4 Å². The van der Waals surface area contributed by atoms with Crippen molar-refractivity contribution in [2.45, 2.75) is 25.2 Å². The highest BCUT2D eigenvalue weighted by molar-refractivity contribution is 6.33. The predicted octanol–water partition coefficient (Wildman–Crippen LogP) is 5.15. The second-order valence-electron chi connectivity index (χ2n) is 7.22. The minimum atomic E-state index is -0.509.